The Bertz CT molecular complexity index is 1100. The van der Waals surface area contributed by atoms with Crippen LogP contribution in [0.1, 0.15) is 28.8 Å². The molecule has 6 heteroatoms. The van der Waals surface area contributed by atoms with E-state index in [-0.39, 0.29) is 17.6 Å². The summed E-state index contributed by atoms with van der Waals surface area (Å²) in [6.07, 6.45) is 3.67. The van der Waals surface area contributed by atoms with E-state index in [1.165, 1.54) is 0 Å². The van der Waals surface area contributed by atoms with E-state index in [0.29, 0.717) is 62.6 Å². The number of nitrogens with one attached hydrogen (secondary N) is 1. The van der Waals surface area contributed by atoms with Crippen molar-refractivity contribution in [1.29, 1.82) is 0 Å². The van der Waals surface area contributed by atoms with E-state index in [1.54, 1.807) is 6.07 Å². The number of carbonyl (C=O) groups excluding carboxylic acids is 2. The number of aromatic amines is 1. The first-order valence-electron chi connectivity index (χ1n) is 10.5. The van der Waals surface area contributed by atoms with Gasteiger partial charge < -0.3 is 19.4 Å². The van der Waals surface area contributed by atoms with E-state index in [9.17, 15) is 9.59 Å². The Morgan fingerprint density at radius 3 is 2.60 bits per heavy atom. The van der Waals surface area contributed by atoms with Crippen LogP contribution in [0.3, 0.4) is 0 Å². The van der Waals surface area contributed by atoms with Crippen LogP contribution in [0.2, 0.25) is 0 Å². The van der Waals surface area contributed by atoms with Gasteiger partial charge in [0.15, 0.2) is 17.3 Å². The molecule has 5 rings (SSSR count). The van der Waals surface area contributed by atoms with Gasteiger partial charge in [-0.2, -0.15) is 0 Å². The zero-order valence-electron chi connectivity index (χ0n) is 16.7. The number of fused-ring (bicyclic) bond motifs is 2. The third kappa shape index (κ3) is 3.54. The molecule has 2 aliphatic heterocycles. The zero-order valence-corrected chi connectivity index (χ0v) is 16.7. The average molecular weight is 404 g/mol. The van der Waals surface area contributed by atoms with Crippen molar-refractivity contribution in [3.05, 3.63) is 59.8 Å². The van der Waals surface area contributed by atoms with E-state index in [1.807, 2.05) is 47.5 Å². The minimum Gasteiger partial charge on any atom is -0.486 e. The van der Waals surface area contributed by atoms with Gasteiger partial charge in [0.2, 0.25) is 5.91 Å². The first kappa shape index (κ1) is 18.7. The SMILES string of the molecule is O=C(c1ccc2c(c1)OCCO2)C1CCN(C(=O)Cc2c[nH]c3ccccc23)CC1. The highest BCUT2D eigenvalue weighted by molar-refractivity contribution is 5.98. The van der Waals surface area contributed by atoms with Gasteiger partial charge in [0.1, 0.15) is 13.2 Å². The Labute approximate surface area is 174 Å². The van der Waals surface area contributed by atoms with E-state index < -0.39 is 0 Å². The van der Waals surface area contributed by atoms with Crippen LogP contribution in [0, 0.1) is 5.92 Å². The molecule has 1 aromatic heterocycles. The summed E-state index contributed by atoms with van der Waals surface area (Å²) in [7, 11) is 0. The Morgan fingerprint density at radius 2 is 1.77 bits per heavy atom. The first-order chi connectivity index (χ1) is 14.7. The Hall–Kier alpha value is -3.28. The number of amides is 1. The van der Waals surface area contributed by atoms with Crippen molar-refractivity contribution in [1.82, 2.24) is 9.88 Å². The van der Waals surface area contributed by atoms with E-state index in [4.69, 9.17) is 9.47 Å². The summed E-state index contributed by atoms with van der Waals surface area (Å²) >= 11 is 0. The Balaban J connectivity index is 1.20. The number of likely N-dealkylation sites (tertiary alicyclic amines) is 1. The molecule has 0 radical (unpaired) electrons. The lowest BCUT2D eigenvalue weighted by molar-refractivity contribution is -0.131. The molecule has 2 aromatic carbocycles. The van der Waals surface area contributed by atoms with Crippen LogP contribution >= 0.6 is 0 Å². The predicted molar refractivity (Wildman–Crippen MR) is 113 cm³/mol. The fourth-order valence-electron chi connectivity index (χ4n) is 4.38. The number of ether oxygens (including phenoxy) is 2. The van der Waals surface area contributed by atoms with Gasteiger partial charge in [0, 0.05) is 41.7 Å². The number of rotatable bonds is 4. The smallest absolute Gasteiger partial charge is 0.227 e. The number of hydrogen-bond donors (Lipinski definition) is 1. The molecular formula is C24H24N2O4. The molecule has 1 N–H and O–H groups in total. The second-order valence-corrected chi connectivity index (χ2v) is 7.91. The molecule has 3 heterocycles. The number of Topliss-reactive ketones (excluding diaryl/α,β-unsaturated/α-hetero) is 1. The molecule has 0 unspecified atom stereocenters. The van der Waals surface area contributed by atoms with Gasteiger partial charge >= 0.3 is 0 Å². The number of hydrogen-bond acceptors (Lipinski definition) is 4. The summed E-state index contributed by atoms with van der Waals surface area (Å²) in [4.78, 5) is 30.9. The maximum Gasteiger partial charge on any atom is 0.227 e. The van der Waals surface area contributed by atoms with Crippen molar-refractivity contribution in [3.8, 4) is 11.5 Å². The van der Waals surface area contributed by atoms with Crippen molar-refractivity contribution in [3.63, 3.8) is 0 Å². The largest absolute Gasteiger partial charge is 0.486 e. The van der Waals surface area contributed by atoms with Gasteiger partial charge in [-0.3, -0.25) is 9.59 Å². The summed E-state index contributed by atoms with van der Waals surface area (Å²) in [5.41, 5.74) is 2.72. The molecule has 0 saturated carbocycles. The normalized spacial score (nSPS) is 16.6. The molecule has 0 atom stereocenters. The third-order valence-electron chi connectivity index (χ3n) is 6.06. The summed E-state index contributed by atoms with van der Waals surface area (Å²) in [5, 5.41) is 1.09. The van der Waals surface area contributed by atoms with E-state index in [0.717, 1.165) is 16.5 Å². The highest BCUT2D eigenvalue weighted by atomic mass is 16.6. The third-order valence-corrected chi connectivity index (χ3v) is 6.06. The number of carbonyl (C=O) groups is 2. The zero-order chi connectivity index (χ0) is 20.5. The number of para-hydroxylation sites is 1. The fraction of sp³-hybridized carbons (Fsp3) is 0.333. The molecular weight excluding hydrogens is 380 g/mol. The standard InChI is InChI=1S/C24H24N2O4/c27-23(14-18-15-25-20-4-2-1-3-19(18)20)26-9-7-16(8-10-26)24(28)17-5-6-21-22(13-17)30-12-11-29-21/h1-6,13,15-16,25H,7-12,14H2. The molecule has 30 heavy (non-hydrogen) atoms. The topological polar surface area (TPSA) is 71.6 Å². The lowest BCUT2D eigenvalue weighted by atomic mass is 9.88. The monoisotopic (exact) mass is 404 g/mol. The van der Waals surface area contributed by atoms with Crippen molar-refractivity contribution in [2.24, 2.45) is 5.92 Å². The number of nitrogens with zero attached hydrogens (tertiary/aromatic N) is 1. The van der Waals surface area contributed by atoms with Crippen molar-refractivity contribution in [2.45, 2.75) is 19.3 Å². The van der Waals surface area contributed by atoms with Gasteiger partial charge in [-0.1, -0.05) is 18.2 Å². The second-order valence-electron chi connectivity index (χ2n) is 7.91. The maximum absolute atomic E-state index is 13.0. The van der Waals surface area contributed by atoms with Gasteiger partial charge in [-0.15, -0.1) is 0 Å². The van der Waals surface area contributed by atoms with Gasteiger partial charge in [-0.05, 0) is 42.7 Å². The Morgan fingerprint density at radius 1 is 1.00 bits per heavy atom. The summed E-state index contributed by atoms with van der Waals surface area (Å²) in [6.45, 7) is 2.26. The summed E-state index contributed by atoms with van der Waals surface area (Å²) < 4.78 is 11.1. The van der Waals surface area contributed by atoms with Gasteiger partial charge in [0.25, 0.3) is 0 Å². The molecule has 1 fully saturated rings. The van der Waals surface area contributed by atoms with E-state index >= 15 is 0 Å². The number of ketones is 1. The first-order valence-corrected chi connectivity index (χ1v) is 10.5. The lowest BCUT2D eigenvalue weighted by Gasteiger charge is -2.31. The molecule has 154 valence electrons. The molecule has 6 nitrogen and oxygen atoms in total. The van der Waals surface area contributed by atoms with Gasteiger partial charge in [0.05, 0.1) is 6.42 Å². The molecule has 0 aliphatic carbocycles. The summed E-state index contributed by atoms with van der Waals surface area (Å²) in [6, 6.07) is 13.4. The molecule has 2 aliphatic rings. The maximum atomic E-state index is 13.0. The number of benzene rings is 2. The lowest BCUT2D eigenvalue weighted by Crippen LogP contribution is -2.41. The second kappa shape index (κ2) is 7.86. The molecule has 1 saturated heterocycles. The van der Waals surface area contributed by atoms with Crippen LogP contribution in [-0.4, -0.2) is 47.9 Å². The quantitative estimate of drug-likeness (QED) is 0.675. The van der Waals surface area contributed by atoms with Crippen LogP contribution in [0.15, 0.2) is 48.7 Å². The van der Waals surface area contributed by atoms with Crippen LogP contribution < -0.4 is 9.47 Å². The highest BCUT2D eigenvalue weighted by Gasteiger charge is 2.29. The minimum atomic E-state index is -0.0651. The molecule has 3 aromatic rings. The predicted octanol–water partition coefficient (Wildman–Crippen LogP) is 3.60. The highest BCUT2D eigenvalue weighted by Crippen LogP contribution is 2.32. The number of piperidine rings is 1. The Kier molecular flexibility index (Phi) is 4.91. The molecule has 0 spiro atoms. The average Bonchev–Trinajstić information content (AvgIpc) is 3.21. The van der Waals surface area contributed by atoms with Crippen molar-refractivity contribution >= 4 is 22.6 Å². The number of aromatic nitrogens is 1. The van der Waals surface area contributed by atoms with E-state index in [2.05, 4.69) is 4.98 Å². The van der Waals surface area contributed by atoms with Gasteiger partial charge in [-0.25, -0.2) is 0 Å². The minimum absolute atomic E-state index is 0.0651. The molecule has 0 bridgehead atoms. The van der Waals surface area contributed by atoms with Crippen molar-refractivity contribution in [2.75, 3.05) is 26.3 Å². The molecule has 1 amide bonds. The van der Waals surface area contributed by atoms with Crippen LogP contribution in [-0.2, 0) is 11.2 Å². The fourth-order valence-corrected chi connectivity index (χ4v) is 4.38. The van der Waals surface area contributed by atoms with Crippen molar-refractivity contribution < 1.29 is 19.1 Å². The van der Waals surface area contributed by atoms with Crippen LogP contribution in [0.25, 0.3) is 10.9 Å². The van der Waals surface area contributed by atoms with Crippen LogP contribution in [0.4, 0.5) is 0 Å². The van der Waals surface area contributed by atoms with Crippen LogP contribution in [0.5, 0.6) is 11.5 Å². The number of H-pyrrole nitrogens is 1. The summed E-state index contributed by atoms with van der Waals surface area (Å²) in [5.74, 6) is 1.50.